The topological polar surface area (TPSA) is 136 Å². The summed E-state index contributed by atoms with van der Waals surface area (Å²) in [5, 5.41) is 15.0. The second kappa shape index (κ2) is 13.4. The number of aromatic nitrogens is 5. The van der Waals surface area contributed by atoms with E-state index in [0.29, 0.717) is 41.1 Å². The Labute approximate surface area is 258 Å². The molecular weight excluding hydrogens is 556 g/mol. The van der Waals surface area contributed by atoms with Crippen molar-refractivity contribution in [3.05, 3.63) is 59.5 Å². The van der Waals surface area contributed by atoms with Crippen molar-refractivity contribution in [1.82, 2.24) is 30.0 Å². The van der Waals surface area contributed by atoms with Gasteiger partial charge in [0, 0.05) is 31.7 Å². The number of fused-ring (bicyclic) bond motifs is 1. The predicted octanol–water partition coefficient (Wildman–Crippen LogP) is 6.14. The summed E-state index contributed by atoms with van der Waals surface area (Å²) in [6, 6.07) is 9.30. The SMILES string of the molecule is Cc1ncc(C(=O)NCCC2CCCCC2)cc1Nc1nn(C)c2nc(Nc3ccc(CC(=O)OC(C)(C)C)cc3)ncc12. The molecule has 0 unspecified atom stereocenters. The summed E-state index contributed by atoms with van der Waals surface area (Å²) in [4.78, 5) is 38.6. The van der Waals surface area contributed by atoms with Crippen molar-refractivity contribution < 1.29 is 14.3 Å². The van der Waals surface area contributed by atoms with E-state index in [1.807, 2.05) is 65.1 Å². The lowest BCUT2D eigenvalue weighted by Gasteiger charge is -2.21. The lowest BCUT2D eigenvalue weighted by molar-refractivity contribution is -0.153. The minimum atomic E-state index is -0.514. The lowest BCUT2D eigenvalue weighted by atomic mass is 9.87. The second-order valence-corrected chi connectivity index (χ2v) is 12.5. The zero-order valence-electron chi connectivity index (χ0n) is 26.2. The van der Waals surface area contributed by atoms with Gasteiger partial charge in [0.1, 0.15) is 5.60 Å². The first-order valence-corrected chi connectivity index (χ1v) is 15.3. The lowest BCUT2D eigenvalue weighted by Crippen LogP contribution is -2.26. The normalized spacial score (nSPS) is 13.9. The predicted molar refractivity (Wildman–Crippen MR) is 171 cm³/mol. The summed E-state index contributed by atoms with van der Waals surface area (Å²) in [6.07, 6.45) is 11.0. The molecule has 0 radical (unpaired) electrons. The number of anilines is 4. The zero-order valence-corrected chi connectivity index (χ0v) is 26.2. The molecule has 1 aliphatic rings. The number of aryl methyl sites for hydroxylation is 2. The van der Waals surface area contributed by atoms with Crippen LogP contribution in [-0.2, 0) is 23.0 Å². The van der Waals surface area contributed by atoms with E-state index < -0.39 is 5.60 Å². The quantitative estimate of drug-likeness (QED) is 0.184. The van der Waals surface area contributed by atoms with Gasteiger partial charge in [-0.15, -0.1) is 0 Å². The van der Waals surface area contributed by atoms with Gasteiger partial charge in [0.15, 0.2) is 11.5 Å². The van der Waals surface area contributed by atoms with E-state index in [-0.39, 0.29) is 18.3 Å². The average Bonchev–Trinajstić information content (AvgIpc) is 3.28. The molecule has 1 amide bonds. The number of hydrogen-bond donors (Lipinski definition) is 3. The van der Waals surface area contributed by atoms with Crippen molar-refractivity contribution in [2.45, 2.75) is 78.2 Å². The van der Waals surface area contributed by atoms with Gasteiger partial charge in [0.05, 0.1) is 28.8 Å². The minimum absolute atomic E-state index is 0.126. The van der Waals surface area contributed by atoms with Gasteiger partial charge in [-0.05, 0) is 63.8 Å². The molecule has 3 aromatic heterocycles. The number of pyridine rings is 1. The maximum Gasteiger partial charge on any atom is 0.310 e. The molecule has 3 heterocycles. The number of carbonyl (C=O) groups is 2. The highest BCUT2D eigenvalue weighted by atomic mass is 16.6. The van der Waals surface area contributed by atoms with Gasteiger partial charge in [-0.25, -0.2) is 9.67 Å². The van der Waals surface area contributed by atoms with Crippen molar-refractivity contribution in [1.29, 1.82) is 0 Å². The number of rotatable bonds is 10. The van der Waals surface area contributed by atoms with Gasteiger partial charge in [0.25, 0.3) is 5.91 Å². The fourth-order valence-corrected chi connectivity index (χ4v) is 5.45. The highest BCUT2D eigenvalue weighted by Crippen LogP contribution is 2.28. The van der Waals surface area contributed by atoms with Crippen molar-refractivity contribution >= 4 is 46.1 Å². The van der Waals surface area contributed by atoms with Crippen molar-refractivity contribution in [2.24, 2.45) is 13.0 Å². The van der Waals surface area contributed by atoms with Gasteiger partial charge in [-0.3, -0.25) is 14.6 Å². The van der Waals surface area contributed by atoms with Crippen LogP contribution in [0.3, 0.4) is 0 Å². The molecule has 1 aliphatic carbocycles. The number of hydrogen-bond acceptors (Lipinski definition) is 9. The molecule has 0 atom stereocenters. The molecule has 11 heteroatoms. The van der Waals surface area contributed by atoms with Crippen LogP contribution in [0.1, 0.15) is 80.9 Å². The Hall–Kier alpha value is -4.54. The summed E-state index contributed by atoms with van der Waals surface area (Å²) in [5.41, 5.74) is 3.70. The zero-order chi connectivity index (χ0) is 31.3. The van der Waals surface area contributed by atoms with Crippen LogP contribution in [0.5, 0.6) is 0 Å². The molecule has 0 bridgehead atoms. The van der Waals surface area contributed by atoms with E-state index in [9.17, 15) is 9.59 Å². The third kappa shape index (κ3) is 8.09. The van der Waals surface area contributed by atoms with Gasteiger partial charge in [0.2, 0.25) is 5.95 Å². The van der Waals surface area contributed by atoms with Crippen LogP contribution < -0.4 is 16.0 Å². The van der Waals surface area contributed by atoms with E-state index in [4.69, 9.17) is 4.74 Å². The standard InChI is InChI=1S/C33H42N8O3/c1-21-27(18-24(19-35-21)31(43)34-16-15-22-9-7-6-8-10-22)38-29-26-20-36-32(39-30(26)41(5)40-29)37-25-13-11-23(12-14-25)17-28(42)44-33(2,3)4/h11-14,18-20,22H,6-10,15-17H2,1-5H3,(H,34,43)(H,38,40)(H,36,37,39). The summed E-state index contributed by atoms with van der Waals surface area (Å²) in [6.45, 7) is 8.12. The van der Waals surface area contributed by atoms with Crippen LogP contribution in [0.4, 0.5) is 23.1 Å². The fraction of sp³-hybridized carbons (Fsp3) is 0.455. The minimum Gasteiger partial charge on any atom is -0.460 e. The van der Waals surface area contributed by atoms with E-state index in [1.165, 1.54) is 32.1 Å². The van der Waals surface area contributed by atoms with Crippen LogP contribution in [-0.4, -0.2) is 48.8 Å². The first-order valence-electron chi connectivity index (χ1n) is 15.3. The molecule has 4 aromatic rings. The molecule has 3 N–H and O–H groups in total. The Morgan fingerprint density at radius 1 is 1.02 bits per heavy atom. The Kier molecular flexibility index (Phi) is 9.41. The van der Waals surface area contributed by atoms with E-state index in [0.717, 1.165) is 28.8 Å². The Morgan fingerprint density at radius 2 is 1.77 bits per heavy atom. The number of benzene rings is 1. The van der Waals surface area contributed by atoms with Gasteiger partial charge >= 0.3 is 5.97 Å². The highest BCUT2D eigenvalue weighted by Gasteiger charge is 2.18. The van der Waals surface area contributed by atoms with E-state index in [2.05, 4.69) is 36.0 Å². The number of carbonyl (C=O) groups excluding carboxylic acids is 2. The highest BCUT2D eigenvalue weighted by molar-refractivity contribution is 5.96. The molecule has 1 aromatic carbocycles. The van der Waals surface area contributed by atoms with E-state index >= 15 is 0 Å². The number of ether oxygens (including phenoxy) is 1. The average molecular weight is 599 g/mol. The molecule has 232 valence electrons. The number of nitrogens with zero attached hydrogens (tertiary/aromatic N) is 5. The molecule has 0 aliphatic heterocycles. The second-order valence-electron chi connectivity index (χ2n) is 12.5. The molecule has 1 fully saturated rings. The Bertz CT molecular complexity index is 1620. The van der Waals surface area contributed by atoms with Gasteiger partial charge in [-0.2, -0.15) is 10.1 Å². The maximum atomic E-state index is 12.9. The van der Waals surface area contributed by atoms with Crippen LogP contribution >= 0.6 is 0 Å². The molecular formula is C33H42N8O3. The van der Waals surface area contributed by atoms with Crippen LogP contribution in [0, 0.1) is 12.8 Å². The molecule has 44 heavy (non-hydrogen) atoms. The summed E-state index contributed by atoms with van der Waals surface area (Å²) < 4.78 is 7.09. The molecule has 1 saturated carbocycles. The van der Waals surface area contributed by atoms with Crippen LogP contribution in [0.15, 0.2) is 42.7 Å². The Morgan fingerprint density at radius 3 is 2.50 bits per heavy atom. The molecule has 5 rings (SSSR count). The smallest absolute Gasteiger partial charge is 0.310 e. The Balaban J connectivity index is 1.23. The van der Waals surface area contributed by atoms with E-state index in [1.54, 1.807) is 17.1 Å². The third-order valence-corrected chi connectivity index (χ3v) is 7.72. The summed E-state index contributed by atoms with van der Waals surface area (Å²) >= 11 is 0. The monoisotopic (exact) mass is 598 g/mol. The molecule has 0 spiro atoms. The van der Waals surface area contributed by atoms with Crippen LogP contribution in [0.2, 0.25) is 0 Å². The molecule has 11 nitrogen and oxygen atoms in total. The molecule has 0 saturated heterocycles. The maximum absolute atomic E-state index is 12.9. The number of esters is 1. The third-order valence-electron chi connectivity index (χ3n) is 7.72. The largest absolute Gasteiger partial charge is 0.460 e. The summed E-state index contributed by atoms with van der Waals surface area (Å²) in [7, 11) is 1.82. The number of amides is 1. The number of nitrogens with one attached hydrogen (secondary N) is 3. The van der Waals surface area contributed by atoms with Crippen molar-refractivity contribution in [2.75, 3.05) is 17.2 Å². The van der Waals surface area contributed by atoms with Gasteiger partial charge < -0.3 is 20.7 Å². The fourth-order valence-electron chi connectivity index (χ4n) is 5.45. The van der Waals surface area contributed by atoms with Crippen LogP contribution in [0.25, 0.3) is 11.0 Å². The summed E-state index contributed by atoms with van der Waals surface area (Å²) in [5.74, 6) is 1.30. The van der Waals surface area contributed by atoms with Gasteiger partial charge in [-0.1, -0.05) is 44.2 Å². The first-order chi connectivity index (χ1) is 21.0. The first kappa shape index (κ1) is 30.9. The van der Waals surface area contributed by atoms with Crippen molar-refractivity contribution in [3.63, 3.8) is 0 Å². The van der Waals surface area contributed by atoms with Crippen molar-refractivity contribution in [3.8, 4) is 0 Å².